The molecule has 0 N–H and O–H groups in total. The highest BCUT2D eigenvalue weighted by atomic mass is 16.6. The topological polar surface area (TPSA) is 102 Å². The molecule has 4 rings (SSSR count). The van der Waals surface area contributed by atoms with E-state index in [0.717, 1.165) is 29.8 Å². The number of methoxy groups -OCH3 is 2. The van der Waals surface area contributed by atoms with Crippen LogP contribution in [0.15, 0.2) is 30.3 Å². The smallest absolute Gasteiger partial charge is 0.273 e. The summed E-state index contributed by atoms with van der Waals surface area (Å²) in [5, 5.41) is 11.0. The average molecular weight is 456 g/mol. The zero-order chi connectivity index (χ0) is 24.1. The van der Waals surface area contributed by atoms with Gasteiger partial charge in [-0.2, -0.15) is 0 Å². The van der Waals surface area contributed by atoms with Crippen LogP contribution in [0.25, 0.3) is 0 Å². The molecule has 0 bridgehead atoms. The number of ether oxygens (including phenoxy) is 2. The maximum absolute atomic E-state index is 11.4. The first-order chi connectivity index (χ1) is 15.8. The van der Waals surface area contributed by atoms with Crippen molar-refractivity contribution < 1.29 is 24.0 Å². The standard InChI is InChI=1S/C12H14N2O4.C12H15NO2/c1-8(15)13-6-5-9-10(7-13)12(18-2)4-3-11(9)14(16)17;1-9(14)13-7-6-10-4-3-5-12(15-2)11(10)8-13/h3-4H,5-7H2,1-2H3;3-5H,6-8H2,1-2H3. The summed E-state index contributed by atoms with van der Waals surface area (Å²) in [5.41, 5.74) is 3.98. The highest BCUT2D eigenvalue weighted by Crippen LogP contribution is 2.34. The van der Waals surface area contributed by atoms with Crippen molar-refractivity contribution in [1.29, 1.82) is 0 Å². The van der Waals surface area contributed by atoms with Gasteiger partial charge in [0.2, 0.25) is 11.8 Å². The van der Waals surface area contributed by atoms with Crippen LogP contribution in [0.3, 0.4) is 0 Å². The zero-order valence-electron chi connectivity index (χ0n) is 19.4. The molecule has 0 saturated heterocycles. The number of amides is 2. The van der Waals surface area contributed by atoms with Crippen molar-refractivity contribution in [3.05, 3.63) is 62.7 Å². The third kappa shape index (κ3) is 5.24. The lowest BCUT2D eigenvalue weighted by molar-refractivity contribution is -0.385. The predicted molar refractivity (Wildman–Crippen MR) is 122 cm³/mol. The fourth-order valence-corrected chi connectivity index (χ4v) is 4.27. The fourth-order valence-electron chi connectivity index (χ4n) is 4.27. The Morgan fingerprint density at radius 1 is 0.848 bits per heavy atom. The molecular weight excluding hydrogens is 426 g/mol. The Balaban J connectivity index is 0.000000189. The number of hydrogen-bond acceptors (Lipinski definition) is 6. The Morgan fingerprint density at radius 3 is 2.00 bits per heavy atom. The van der Waals surface area contributed by atoms with Crippen LogP contribution in [0.2, 0.25) is 0 Å². The van der Waals surface area contributed by atoms with E-state index in [9.17, 15) is 19.7 Å². The van der Waals surface area contributed by atoms with Gasteiger partial charge in [-0.15, -0.1) is 0 Å². The molecule has 2 aromatic carbocycles. The summed E-state index contributed by atoms with van der Waals surface area (Å²) in [7, 11) is 3.19. The number of rotatable bonds is 3. The van der Waals surface area contributed by atoms with Gasteiger partial charge < -0.3 is 19.3 Å². The van der Waals surface area contributed by atoms with Crippen LogP contribution in [0.1, 0.15) is 36.1 Å². The quantitative estimate of drug-likeness (QED) is 0.521. The third-order valence-corrected chi connectivity index (χ3v) is 6.10. The number of nitro benzene ring substituents is 1. The second kappa shape index (κ2) is 10.3. The van der Waals surface area contributed by atoms with E-state index in [-0.39, 0.29) is 22.4 Å². The maximum Gasteiger partial charge on any atom is 0.273 e. The fraction of sp³-hybridized carbons (Fsp3) is 0.417. The van der Waals surface area contributed by atoms with E-state index in [1.165, 1.54) is 25.7 Å². The van der Waals surface area contributed by atoms with Crippen LogP contribution in [0, 0.1) is 10.1 Å². The molecule has 2 aromatic rings. The van der Waals surface area contributed by atoms with Crippen LogP contribution in [-0.4, -0.2) is 53.8 Å². The van der Waals surface area contributed by atoms with Crippen LogP contribution in [0.5, 0.6) is 11.5 Å². The summed E-state index contributed by atoms with van der Waals surface area (Å²) in [6.45, 7) is 5.48. The molecule has 9 heteroatoms. The van der Waals surface area contributed by atoms with E-state index in [0.29, 0.717) is 37.4 Å². The van der Waals surface area contributed by atoms with Crippen molar-refractivity contribution in [3.8, 4) is 11.5 Å². The Morgan fingerprint density at radius 2 is 1.42 bits per heavy atom. The molecule has 9 nitrogen and oxygen atoms in total. The molecule has 0 spiro atoms. The highest BCUT2D eigenvalue weighted by molar-refractivity contribution is 5.74. The molecule has 0 aromatic heterocycles. The summed E-state index contributed by atoms with van der Waals surface area (Å²) < 4.78 is 10.5. The van der Waals surface area contributed by atoms with Gasteiger partial charge in [0.1, 0.15) is 11.5 Å². The minimum atomic E-state index is -0.387. The summed E-state index contributed by atoms with van der Waals surface area (Å²) in [4.78, 5) is 36.8. The van der Waals surface area contributed by atoms with E-state index < -0.39 is 0 Å². The molecular formula is C24H29N3O6. The van der Waals surface area contributed by atoms with E-state index in [2.05, 4.69) is 6.07 Å². The maximum atomic E-state index is 11.4. The zero-order valence-corrected chi connectivity index (χ0v) is 19.4. The molecule has 176 valence electrons. The SMILES string of the molecule is COc1ccc([N+](=O)[O-])c2c1CN(C(C)=O)CC2.COc1cccc2c1CN(C(C)=O)CC2. The monoisotopic (exact) mass is 455 g/mol. The largest absolute Gasteiger partial charge is 0.496 e. The van der Waals surface area contributed by atoms with Gasteiger partial charge in [0, 0.05) is 62.8 Å². The minimum Gasteiger partial charge on any atom is -0.496 e. The lowest BCUT2D eigenvalue weighted by Crippen LogP contribution is -2.34. The van der Waals surface area contributed by atoms with E-state index in [1.54, 1.807) is 25.0 Å². The van der Waals surface area contributed by atoms with Crippen molar-refractivity contribution in [2.45, 2.75) is 39.8 Å². The second-order valence-electron chi connectivity index (χ2n) is 7.98. The molecule has 0 fully saturated rings. The van der Waals surface area contributed by atoms with Gasteiger partial charge in [-0.05, 0) is 30.5 Å². The van der Waals surface area contributed by atoms with Gasteiger partial charge in [0.25, 0.3) is 5.69 Å². The van der Waals surface area contributed by atoms with Crippen molar-refractivity contribution in [1.82, 2.24) is 9.80 Å². The molecule has 0 radical (unpaired) electrons. The van der Waals surface area contributed by atoms with Crippen LogP contribution < -0.4 is 9.47 Å². The average Bonchev–Trinajstić information content (AvgIpc) is 2.82. The number of fused-ring (bicyclic) bond motifs is 2. The Hall–Kier alpha value is -3.62. The first-order valence-corrected chi connectivity index (χ1v) is 10.8. The first kappa shape index (κ1) is 24.0. The number of carbonyl (C=O) groups is 2. The van der Waals surface area contributed by atoms with Crippen molar-refractivity contribution in [2.75, 3.05) is 27.3 Å². The van der Waals surface area contributed by atoms with Crippen molar-refractivity contribution >= 4 is 17.5 Å². The molecule has 0 atom stereocenters. The van der Waals surface area contributed by atoms with E-state index in [4.69, 9.17) is 9.47 Å². The molecule has 0 unspecified atom stereocenters. The Bertz CT molecular complexity index is 1050. The van der Waals surface area contributed by atoms with E-state index >= 15 is 0 Å². The summed E-state index contributed by atoms with van der Waals surface area (Å²) in [6, 6.07) is 9.10. The summed E-state index contributed by atoms with van der Waals surface area (Å²) in [6.07, 6.45) is 1.41. The number of nitro groups is 1. The molecule has 33 heavy (non-hydrogen) atoms. The van der Waals surface area contributed by atoms with Gasteiger partial charge >= 0.3 is 0 Å². The van der Waals surface area contributed by atoms with Gasteiger partial charge in [-0.25, -0.2) is 0 Å². The first-order valence-electron chi connectivity index (χ1n) is 10.8. The number of carbonyl (C=O) groups excluding carboxylic acids is 2. The number of hydrogen-bond donors (Lipinski definition) is 0. The molecule has 2 amide bonds. The molecule has 0 aliphatic carbocycles. The van der Waals surface area contributed by atoms with Gasteiger partial charge in [-0.3, -0.25) is 19.7 Å². The Kier molecular flexibility index (Phi) is 7.52. The van der Waals surface area contributed by atoms with Crippen LogP contribution in [0.4, 0.5) is 5.69 Å². The molecule has 2 aliphatic heterocycles. The van der Waals surface area contributed by atoms with Crippen molar-refractivity contribution in [3.63, 3.8) is 0 Å². The predicted octanol–water partition coefficient (Wildman–Crippen LogP) is 3.11. The normalized spacial score (nSPS) is 14.3. The second-order valence-corrected chi connectivity index (χ2v) is 7.98. The van der Waals surface area contributed by atoms with Gasteiger partial charge in [0.05, 0.1) is 19.1 Å². The van der Waals surface area contributed by atoms with Crippen molar-refractivity contribution in [2.24, 2.45) is 0 Å². The molecule has 0 saturated carbocycles. The van der Waals surface area contributed by atoms with E-state index in [1.807, 2.05) is 17.0 Å². The molecule has 2 aliphatic rings. The van der Waals surface area contributed by atoms with Gasteiger partial charge in [0.15, 0.2) is 0 Å². The highest BCUT2D eigenvalue weighted by Gasteiger charge is 2.28. The Labute approximate surface area is 193 Å². The summed E-state index contributed by atoms with van der Waals surface area (Å²) in [5.74, 6) is 1.58. The molecule has 2 heterocycles. The summed E-state index contributed by atoms with van der Waals surface area (Å²) >= 11 is 0. The lowest BCUT2D eigenvalue weighted by atomic mass is 9.97. The van der Waals surface area contributed by atoms with Gasteiger partial charge in [-0.1, -0.05) is 12.1 Å². The lowest BCUT2D eigenvalue weighted by Gasteiger charge is -2.28. The third-order valence-electron chi connectivity index (χ3n) is 6.10. The number of benzene rings is 2. The van der Waals surface area contributed by atoms with Crippen LogP contribution in [-0.2, 0) is 35.5 Å². The van der Waals surface area contributed by atoms with Crippen LogP contribution >= 0.6 is 0 Å². The minimum absolute atomic E-state index is 0.0331. The number of nitrogens with zero attached hydrogens (tertiary/aromatic N) is 3.